The minimum atomic E-state index is -1.06. The van der Waals surface area contributed by atoms with Crippen molar-refractivity contribution in [2.75, 3.05) is 0 Å². The van der Waals surface area contributed by atoms with Crippen LogP contribution in [0.3, 0.4) is 0 Å². The summed E-state index contributed by atoms with van der Waals surface area (Å²) in [6.07, 6.45) is -1.95. The lowest BCUT2D eigenvalue weighted by atomic mass is 10.4. The smallest absolute Gasteiger partial charge is 0.250 e. The fraction of sp³-hybridized carbons (Fsp3) is 0.800. The number of rotatable bonds is 2. The second-order valence-electron chi connectivity index (χ2n) is 1.86. The van der Waals surface area contributed by atoms with Gasteiger partial charge in [0.2, 0.25) is 0 Å². The molecule has 0 spiro atoms. The number of hydrogen-bond donors (Lipinski definition) is 3. The van der Waals surface area contributed by atoms with Crippen molar-refractivity contribution in [1.29, 1.82) is 0 Å². The summed E-state index contributed by atoms with van der Waals surface area (Å²) in [5.74, 6) is -0.565. The summed E-state index contributed by atoms with van der Waals surface area (Å²) in [6.45, 7) is 2.73. The maximum absolute atomic E-state index is 10.4. The van der Waals surface area contributed by atoms with E-state index in [1.807, 2.05) is 0 Å². The van der Waals surface area contributed by atoms with Crippen LogP contribution < -0.4 is 5.32 Å². The highest BCUT2D eigenvalue weighted by Crippen LogP contribution is 1.80. The molecule has 0 saturated carbocycles. The average molecular weight is 133 g/mol. The van der Waals surface area contributed by atoms with Gasteiger partial charge in [0, 0.05) is 0 Å². The number of amides is 1. The molecule has 2 atom stereocenters. The maximum atomic E-state index is 10.4. The first-order valence-electron chi connectivity index (χ1n) is 2.70. The highest BCUT2D eigenvalue weighted by Gasteiger charge is 2.08. The van der Waals surface area contributed by atoms with Gasteiger partial charge in [-0.3, -0.25) is 4.79 Å². The van der Waals surface area contributed by atoms with E-state index in [0.29, 0.717) is 0 Å². The van der Waals surface area contributed by atoms with E-state index in [9.17, 15) is 4.79 Å². The Morgan fingerprint density at radius 3 is 2.00 bits per heavy atom. The molecule has 0 aliphatic carbocycles. The van der Waals surface area contributed by atoms with Gasteiger partial charge >= 0.3 is 0 Å². The Morgan fingerprint density at radius 2 is 1.89 bits per heavy atom. The first-order valence-corrected chi connectivity index (χ1v) is 2.70. The summed E-state index contributed by atoms with van der Waals surface area (Å²) in [6, 6.07) is 0. The van der Waals surface area contributed by atoms with Crippen LogP contribution in [-0.4, -0.2) is 28.5 Å². The summed E-state index contributed by atoms with van der Waals surface area (Å²) < 4.78 is 0. The molecule has 0 fully saturated rings. The molecular formula is C5H11NO3. The number of hydrogen-bond acceptors (Lipinski definition) is 3. The van der Waals surface area contributed by atoms with Crippen molar-refractivity contribution in [2.45, 2.75) is 26.2 Å². The molecule has 1 amide bonds. The van der Waals surface area contributed by atoms with Crippen LogP contribution in [0.5, 0.6) is 0 Å². The summed E-state index contributed by atoms with van der Waals surface area (Å²) in [7, 11) is 0. The highest BCUT2D eigenvalue weighted by molar-refractivity contribution is 5.80. The van der Waals surface area contributed by atoms with Crippen LogP contribution in [-0.2, 0) is 4.79 Å². The number of aliphatic hydroxyl groups excluding tert-OH is 2. The van der Waals surface area contributed by atoms with Crippen LogP contribution >= 0.6 is 0 Å². The Labute approximate surface area is 53.5 Å². The van der Waals surface area contributed by atoms with Crippen molar-refractivity contribution in [1.82, 2.24) is 5.32 Å². The van der Waals surface area contributed by atoms with Crippen molar-refractivity contribution in [2.24, 2.45) is 0 Å². The van der Waals surface area contributed by atoms with E-state index >= 15 is 0 Å². The molecule has 0 rings (SSSR count). The van der Waals surface area contributed by atoms with Gasteiger partial charge in [0.25, 0.3) is 5.91 Å². The van der Waals surface area contributed by atoms with Crippen molar-refractivity contribution < 1.29 is 15.0 Å². The van der Waals surface area contributed by atoms with Gasteiger partial charge in [0.05, 0.1) is 0 Å². The molecule has 4 heteroatoms. The van der Waals surface area contributed by atoms with Crippen LogP contribution in [0.25, 0.3) is 0 Å². The quantitative estimate of drug-likeness (QED) is 0.415. The van der Waals surface area contributed by atoms with Gasteiger partial charge in [-0.15, -0.1) is 0 Å². The molecule has 2 unspecified atom stereocenters. The van der Waals surface area contributed by atoms with Crippen molar-refractivity contribution in [3.05, 3.63) is 0 Å². The van der Waals surface area contributed by atoms with Crippen molar-refractivity contribution in [3.63, 3.8) is 0 Å². The van der Waals surface area contributed by atoms with E-state index in [0.717, 1.165) is 0 Å². The molecule has 0 aromatic heterocycles. The van der Waals surface area contributed by atoms with E-state index in [1.165, 1.54) is 13.8 Å². The summed E-state index contributed by atoms with van der Waals surface area (Å²) in [5.41, 5.74) is 0. The number of nitrogens with one attached hydrogen (secondary N) is 1. The minimum absolute atomic E-state index is 0.565. The van der Waals surface area contributed by atoms with Crippen molar-refractivity contribution >= 4 is 5.91 Å². The van der Waals surface area contributed by atoms with Gasteiger partial charge in [0.15, 0.2) is 0 Å². The summed E-state index contributed by atoms with van der Waals surface area (Å²) >= 11 is 0. The molecule has 4 nitrogen and oxygen atoms in total. The van der Waals surface area contributed by atoms with Gasteiger partial charge < -0.3 is 15.5 Å². The topological polar surface area (TPSA) is 69.6 Å². The fourth-order valence-corrected chi connectivity index (χ4v) is 0.326. The molecular weight excluding hydrogens is 122 g/mol. The Morgan fingerprint density at radius 1 is 1.44 bits per heavy atom. The van der Waals surface area contributed by atoms with E-state index in [-0.39, 0.29) is 0 Å². The first kappa shape index (κ1) is 8.39. The van der Waals surface area contributed by atoms with Gasteiger partial charge in [-0.1, -0.05) is 0 Å². The summed E-state index contributed by atoms with van der Waals surface area (Å²) in [5, 5.41) is 19.2. The van der Waals surface area contributed by atoms with Crippen LogP contribution in [0, 0.1) is 0 Å². The normalized spacial score (nSPS) is 16.4. The zero-order valence-electron chi connectivity index (χ0n) is 5.46. The predicted octanol–water partition coefficient (Wildman–Crippen LogP) is -1.18. The van der Waals surface area contributed by atoms with E-state index in [4.69, 9.17) is 10.2 Å². The molecule has 0 aromatic carbocycles. The van der Waals surface area contributed by atoms with E-state index in [2.05, 4.69) is 5.32 Å². The number of carbonyl (C=O) groups is 1. The minimum Gasteiger partial charge on any atom is -0.384 e. The predicted molar refractivity (Wildman–Crippen MR) is 31.5 cm³/mol. The SMILES string of the molecule is CC(O)NC(=O)C(C)O. The molecule has 0 radical (unpaired) electrons. The molecule has 0 aromatic rings. The van der Waals surface area contributed by atoms with Crippen LogP contribution in [0.15, 0.2) is 0 Å². The second-order valence-corrected chi connectivity index (χ2v) is 1.86. The van der Waals surface area contributed by atoms with Gasteiger partial charge in [0.1, 0.15) is 12.3 Å². The third-order valence-electron chi connectivity index (χ3n) is 0.731. The lowest BCUT2D eigenvalue weighted by molar-refractivity contribution is -0.131. The molecule has 9 heavy (non-hydrogen) atoms. The number of carbonyl (C=O) groups excluding carboxylic acids is 1. The average Bonchev–Trinajstić information content (AvgIpc) is 1.63. The lowest BCUT2D eigenvalue weighted by Gasteiger charge is -2.08. The largest absolute Gasteiger partial charge is 0.384 e. The van der Waals surface area contributed by atoms with E-state index < -0.39 is 18.2 Å². The standard InChI is InChI=1S/C5H11NO3/c1-3(7)5(9)6-4(2)8/h3-4,7-8H,1-2H3,(H,6,9). The van der Waals surface area contributed by atoms with Gasteiger partial charge in [-0.25, -0.2) is 0 Å². The van der Waals surface area contributed by atoms with Crippen LogP contribution in [0.4, 0.5) is 0 Å². The van der Waals surface area contributed by atoms with Gasteiger partial charge in [-0.05, 0) is 13.8 Å². The zero-order valence-corrected chi connectivity index (χ0v) is 5.46. The fourth-order valence-electron chi connectivity index (χ4n) is 0.326. The Hall–Kier alpha value is -0.610. The Kier molecular flexibility index (Phi) is 3.19. The molecule has 54 valence electrons. The second kappa shape index (κ2) is 3.42. The molecule has 0 bridgehead atoms. The molecule has 0 aliphatic rings. The van der Waals surface area contributed by atoms with Crippen molar-refractivity contribution in [3.8, 4) is 0 Å². The van der Waals surface area contributed by atoms with E-state index in [1.54, 1.807) is 0 Å². The lowest BCUT2D eigenvalue weighted by Crippen LogP contribution is -2.38. The zero-order chi connectivity index (χ0) is 7.44. The monoisotopic (exact) mass is 133 g/mol. The third kappa shape index (κ3) is 3.93. The number of aliphatic hydroxyl groups is 2. The van der Waals surface area contributed by atoms with Gasteiger partial charge in [-0.2, -0.15) is 0 Å². The molecule has 0 heterocycles. The molecule has 0 aliphatic heterocycles. The Balaban J connectivity index is 3.51. The highest BCUT2D eigenvalue weighted by atomic mass is 16.3. The maximum Gasteiger partial charge on any atom is 0.250 e. The van der Waals surface area contributed by atoms with Crippen LogP contribution in [0.1, 0.15) is 13.8 Å². The first-order chi connectivity index (χ1) is 4.04. The molecule has 3 N–H and O–H groups in total. The van der Waals surface area contributed by atoms with Crippen LogP contribution in [0.2, 0.25) is 0 Å². The molecule has 0 saturated heterocycles. The third-order valence-corrected chi connectivity index (χ3v) is 0.731. The Bertz CT molecular complexity index is 100. The summed E-state index contributed by atoms with van der Waals surface area (Å²) in [4.78, 5) is 10.4.